The van der Waals surface area contributed by atoms with Gasteiger partial charge in [-0.05, 0) is 60.4 Å². The quantitative estimate of drug-likeness (QED) is 0.845. The fourth-order valence-corrected chi connectivity index (χ4v) is 2.46. The van der Waals surface area contributed by atoms with Gasteiger partial charge in [-0.2, -0.15) is 0 Å². The minimum atomic E-state index is 0.468. The second kappa shape index (κ2) is 5.31. The van der Waals surface area contributed by atoms with E-state index in [-0.39, 0.29) is 0 Å². The van der Waals surface area contributed by atoms with Crippen molar-refractivity contribution in [2.24, 2.45) is 5.73 Å². The number of rotatable bonds is 2. The highest BCUT2D eigenvalue weighted by molar-refractivity contribution is 6.34. The van der Waals surface area contributed by atoms with Crippen LogP contribution in [0.25, 0.3) is 11.1 Å². The SMILES string of the molecule is Cc1cc(Cl)c(-c2cc(Cl)ccc2CN)cc1C. The van der Waals surface area contributed by atoms with Gasteiger partial charge in [0.25, 0.3) is 0 Å². The molecule has 2 rings (SSSR count). The lowest BCUT2D eigenvalue weighted by Crippen LogP contribution is -1.99. The van der Waals surface area contributed by atoms with E-state index >= 15 is 0 Å². The van der Waals surface area contributed by atoms with E-state index in [0.717, 1.165) is 21.7 Å². The molecule has 2 N–H and O–H groups in total. The van der Waals surface area contributed by atoms with Gasteiger partial charge in [0.2, 0.25) is 0 Å². The molecule has 0 atom stereocenters. The minimum absolute atomic E-state index is 0.468. The Bertz CT molecular complexity index is 591. The molecule has 0 spiro atoms. The lowest BCUT2D eigenvalue weighted by Gasteiger charge is -2.12. The third-order valence-corrected chi connectivity index (χ3v) is 3.71. The van der Waals surface area contributed by atoms with Crippen LogP contribution in [0.5, 0.6) is 0 Å². The minimum Gasteiger partial charge on any atom is -0.326 e. The molecule has 0 aliphatic rings. The maximum atomic E-state index is 6.33. The van der Waals surface area contributed by atoms with Gasteiger partial charge in [-0.3, -0.25) is 0 Å². The number of nitrogens with two attached hydrogens (primary N) is 1. The van der Waals surface area contributed by atoms with Gasteiger partial charge in [-0.1, -0.05) is 29.3 Å². The molecule has 0 amide bonds. The molecule has 94 valence electrons. The van der Waals surface area contributed by atoms with Crippen molar-refractivity contribution in [3.05, 3.63) is 57.1 Å². The van der Waals surface area contributed by atoms with Gasteiger partial charge < -0.3 is 5.73 Å². The highest BCUT2D eigenvalue weighted by Crippen LogP contribution is 2.34. The maximum Gasteiger partial charge on any atom is 0.0487 e. The summed E-state index contributed by atoms with van der Waals surface area (Å²) in [6, 6.07) is 9.78. The summed E-state index contributed by atoms with van der Waals surface area (Å²) < 4.78 is 0. The maximum absolute atomic E-state index is 6.33. The molecule has 2 aromatic rings. The van der Waals surface area contributed by atoms with Crippen LogP contribution < -0.4 is 5.73 Å². The van der Waals surface area contributed by atoms with Crippen molar-refractivity contribution in [2.45, 2.75) is 20.4 Å². The average molecular weight is 280 g/mol. The molecule has 1 nitrogen and oxygen atoms in total. The summed E-state index contributed by atoms with van der Waals surface area (Å²) in [6.07, 6.45) is 0. The molecule has 0 bridgehead atoms. The standard InChI is InChI=1S/C15H15Cl2N/c1-9-5-14(15(17)6-10(9)2)13-7-12(16)4-3-11(13)8-18/h3-7H,8,18H2,1-2H3. The normalized spacial score (nSPS) is 10.7. The Hall–Kier alpha value is -1.02. The second-order valence-electron chi connectivity index (χ2n) is 4.42. The van der Waals surface area contributed by atoms with Crippen LogP contribution in [0.1, 0.15) is 16.7 Å². The van der Waals surface area contributed by atoms with Crippen LogP contribution in [0.4, 0.5) is 0 Å². The first kappa shape index (κ1) is 13.4. The van der Waals surface area contributed by atoms with E-state index in [1.165, 1.54) is 11.1 Å². The molecule has 0 aliphatic carbocycles. The molecule has 0 radical (unpaired) electrons. The van der Waals surface area contributed by atoms with Crippen molar-refractivity contribution in [3.63, 3.8) is 0 Å². The fraction of sp³-hybridized carbons (Fsp3) is 0.200. The molecular weight excluding hydrogens is 265 g/mol. The summed E-state index contributed by atoms with van der Waals surface area (Å²) in [6.45, 7) is 4.59. The zero-order chi connectivity index (χ0) is 13.3. The largest absolute Gasteiger partial charge is 0.326 e. The Kier molecular flexibility index (Phi) is 3.96. The Morgan fingerprint density at radius 1 is 0.944 bits per heavy atom. The van der Waals surface area contributed by atoms with E-state index in [1.807, 2.05) is 31.2 Å². The van der Waals surface area contributed by atoms with Crippen LogP contribution in [-0.4, -0.2) is 0 Å². The molecule has 0 saturated heterocycles. The predicted molar refractivity (Wildman–Crippen MR) is 79.3 cm³/mol. The first-order valence-corrected chi connectivity index (χ1v) is 6.54. The molecular formula is C15H15Cl2N. The van der Waals surface area contributed by atoms with Crippen molar-refractivity contribution in [2.75, 3.05) is 0 Å². The van der Waals surface area contributed by atoms with E-state index in [1.54, 1.807) is 0 Å². The summed E-state index contributed by atoms with van der Waals surface area (Å²) in [5.41, 5.74) is 11.2. The molecule has 0 aliphatic heterocycles. The highest BCUT2D eigenvalue weighted by Gasteiger charge is 2.10. The van der Waals surface area contributed by atoms with E-state index in [4.69, 9.17) is 28.9 Å². The predicted octanol–water partition coefficient (Wildman–Crippen LogP) is 4.74. The monoisotopic (exact) mass is 279 g/mol. The molecule has 2 aromatic carbocycles. The van der Waals surface area contributed by atoms with Gasteiger partial charge in [0.1, 0.15) is 0 Å². The molecule has 0 aromatic heterocycles. The van der Waals surface area contributed by atoms with Crippen LogP contribution in [-0.2, 0) is 6.54 Å². The zero-order valence-corrected chi connectivity index (χ0v) is 11.9. The number of hydrogen-bond donors (Lipinski definition) is 1. The second-order valence-corrected chi connectivity index (χ2v) is 5.27. The molecule has 0 saturated carbocycles. The molecule has 18 heavy (non-hydrogen) atoms. The van der Waals surface area contributed by atoms with Crippen LogP contribution in [0, 0.1) is 13.8 Å². The van der Waals surface area contributed by atoms with Crippen molar-refractivity contribution in [1.82, 2.24) is 0 Å². The third-order valence-electron chi connectivity index (χ3n) is 3.17. The van der Waals surface area contributed by atoms with Crippen molar-refractivity contribution >= 4 is 23.2 Å². The number of halogens is 2. The van der Waals surface area contributed by atoms with Gasteiger partial charge in [0, 0.05) is 22.2 Å². The van der Waals surface area contributed by atoms with E-state index in [2.05, 4.69) is 13.0 Å². The lowest BCUT2D eigenvalue weighted by molar-refractivity contribution is 1.07. The van der Waals surface area contributed by atoms with E-state index in [0.29, 0.717) is 11.6 Å². The van der Waals surface area contributed by atoms with Crippen LogP contribution in [0.3, 0.4) is 0 Å². The van der Waals surface area contributed by atoms with Gasteiger partial charge in [0.15, 0.2) is 0 Å². The van der Waals surface area contributed by atoms with Crippen molar-refractivity contribution < 1.29 is 0 Å². The number of hydrogen-bond acceptors (Lipinski definition) is 1. The Morgan fingerprint density at radius 3 is 2.28 bits per heavy atom. The van der Waals surface area contributed by atoms with Crippen LogP contribution >= 0.6 is 23.2 Å². The molecule has 0 heterocycles. The van der Waals surface area contributed by atoms with E-state index in [9.17, 15) is 0 Å². The summed E-state index contributed by atoms with van der Waals surface area (Å²) in [4.78, 5) is 0. The summed E-state index contributed by atoms with van der Waals surface area (Å²) >= 11 is 12.4. The molecule has 0 fully saturated rings. The first-order valence-electron chi connectivity index (χ1n) is 5.78. The Balaban J connectivity index is 2.68. The smallest absolute Gasteiger partial charge is 0.0487 e. The highest BCUT2D eigenvalue weighted by atomic mass is 35.5. The molecule has 0 unspecified atom stereocenters. The molecule has 3 heteroatoms. The number of benzene rings is 2. The van der Waals surface area contributed by atoms with E-state index < -0.39 is 0 Å². The number of aryl methyl sites for hydroxylation is 2. The van der Waals surface area contributed by atoms with Crippen molar-refractivity contribution in [1.29, 1.82) is 0 Å². The summed E-state index contributed by atoms with van der Waals surface area (Å²) in [5.74, 6) is 0. The van der Waals surface area contributed by atoms with Gasteiger partial charge in [0.05, 0.1) is 0 Å². The zero-order valence-electron chi connectivity index (χ0n) is 10.4. The summed E-state index contributed by atoms with van der Waals surface area (Å²) in [7, 11) is 0. The lowest BCUT2D eigenvalue weighted by atomic mass is 9.96. The fourth-order valence-electron chi connectivity index (χ4n) is 1.96. The average Bonchev–Trinajstić information content (AvgIpc) is 2.34. The van der Waals surface area contributed by atoms with Gasteiger partial charge in [-0.25, -0.2) is 0 Å². The van der Waals surface area contributed by atoms with Crippen LogP contribution in [0.2, 0.25) is 10.0 Å². The summed E-state index contributed by atoms with van der Waals surface area (Å²) in [5, 5.41) is 1.42. The third kappa shape index (κ3) is 2.54. The Labute approximate surface area is 118 Å². The Morgan fingerprint density at radius 2 is 1.61 bits per heavy atom. The van der Waals surface area contributed by atoms with Gasteiger partial charge in [-0.15, -0.1) is 0 Å². The first-order chi connectivity index (χ1) is 8.52. The van der Waals surface area contributed by atoms with Crippen LogP contribution in [0.15, 0.2) is 30.3 Å². The topological polar surface area (TPSA) is 26.0 Å². The van der Waals surface area contributed by atoms with Gasteiger partial charge >= 0.3 is 0 Å². The van der Waals surface area contributed by atoms with Crippen molar-refractivity contribution in [3.8, 4) is 11.1 Å².